The lowest BCUT2D eigenvalue weighted by Crippen LogP contribution is -2.59. The van der Waals surface area contributed by atoms with Crippen molar-refractivity contribution in [3.05, 3.63) is 36.4 Å². The number of fused-ring (bicyclic) bond motifs is 1. The van der Waals surface area contributed by atoms with Crippen molar-refractivity contribution < 1.29 is 33.6 Å². The van der Waals surface area contributed by atoms with Crippen LogP contribution in [0, 0.1) is 17.8 Å². The fraction of sp³-hybridized carbons (Fsp3) is 0.658. The molecule has 6 atom stereocenters. The quantitative estimate of drug-likeness (QED) is 0.138. The number of rotatable bonds is 17. The average Bonchev–Trinajstić information content (AvgIpc) is 3.72. The lowest BCUT2D eigenvalue weighted by molar-refractivity contribution is -0.144. The third kappa shape index (κ3) is 9.88. The SMILES string of the molecule is CC=CC(=O)CC[C@H](NC(=O)[C@@H](NC(=O)c1cnccn1)C1CCCCC1)C(=O)N1C[C@@H]2CCC[C@@H]2C1C(=O)N[C@@H](CCC)C(=O)C(=O)NC1CC1. The van der Waals surface area contributed by atoms with Gasteiger partial charge in [-0.2, -0.15) is 0 Å². The van der Waals surface area contributed by atoms with Gasteiger partial charge in [0, 0.05) is 31.4 Å². The second-order valence-corrected chi connectivity index (χ2v) is 14.8. The summed E-state index contributed by atoms with van der Waals surface area (Å²) >= 11 is 0. The van der Waals surface area contributed by atoms with Crippen molar-refractivity contribution in [2.24, 2.45) is 17.8 Å². The molecule has 3 saturated carbocycles. The molecular formula is C38H53N7O7. The molecule has 14 heteroatoms. The van der Waals surface area contributed by atoms with Gasteiger partial charge < -0.3 is 26.2 Å². The Morgan fingerprint density at radius 2 is 1.65 bits per heavy atom. The Labute approximate surface area is 305 Å². The highest BCUT2D eigenvalue weighted by molar-refractivity contribution is 6.38. The third-order valence-corrected chi connectivity index (χ3v) is 10.9. The summed E-state index contributed by atoms with van der Waals surface area (Å²) in [6.07, 6.45) is 16.3. The predicted molar refractivity (Wildman–Crippen MR) is 190 cm³/mol. The maximum atomic E-state index is 14.6. The van der Waals surface area contributed by atoms with E-state index in [0.29, 0.717) is 25.8 Å². The standard InChI is InChI=1S/C38H53N7O7/c1-3-9-26(46)17-18-29(43-35(49)31(23-11-6-5-7-12-23)44-34(48)30-21-39-19-20-40-30)38(52)45-22-24-13-8-14-27(24)32(45)36(50)42-28(10-4-2)33(47)37(51)41-25-15-16-25/h3,9,19-21,23-25,27-29,31-32H,4-8,10-18,22H2,1-2H3,(H,41,51)(H,42,50)(H,43,49)(H,44,48)/t24-,27-,28-,29-,31-,32?/m0/s1. The van der Waals surface area contributed by atoms with E-state index in [9.17, 15) is 33.6 Å². The van der Waals surface area contributed by atoms with Crippen LogP contribution in [-0.4, -0.2) is 92.7 Å². The number of hydrogen-bond acceptors (Lipinski definition) is 9. The van der Waals surface area contributed by atoms with Crippen LogP contribution < -0.4 is 21.3 Å². The van der Waals surface area contributed by atoms with Crippen LogP contribution in [0.4, 0.5) is 0 Å². The zero-order chi connectivity index (χ0) is 37.2. The van der Waals surface area contributed by atoms with Crippen molar-refractivity contribution in [2.45, 2.75) is 134 Å². The third-order valence-electron chi connectivity index (χ3n) is 10.9. The maximum Gasteiger partial charge on any atom is 0.289 e. The number of nitrogens with zero attached hydrogens (tertiary/aromatic N) is 3. The van der Waals surface area contributed by atoms with E-state index in [-0.39, 0.29) is 54.5 Å². The van der Waals surface area contributed by atoms with Gasteiger partial charge in [0.2, 0.25) is 23.5 Å². The first-order valence-electron chi connectivity index (χ1n) is 19.1. The molecule has 1 aromatic rings. The summed E-state index contributed by atoms with van der Waals surface area (Å²) in [7, 11) is 0. The molecule has 4 N–H and O–H groups in total. The van der Waals surface area contributed by atoms with Gasteiger partial charge in [-0.25, -0.2) is 4.98 Å². The van der Waals surface area contributed by atoms with Crippen molar-refractivity contribution in [1.82, 2.24) is 36.1 Å². The molecule has 2 heterocycles. The molecule has 282 valence electrons. The molecule has 4 fully saturated rings. The summed E-state index contributed by atoms with van der Waals surface area (Å²) < 4.78 is 0. The number of nitrogens with one attached hydrogen (secondary N) is 4. The molecule has 14 nitrogen and oxygen atoms in total. The number of Topliss-reactive ketones (excluding diaryl/α,β-unsaturated/α-hetero) is 1. The summed E-state index contributed by atoms with van der Waals surface area (Å²) in [5.41, 5.74) is 0.0584. The zero-order valence-corrected chi connectivity index (χ0v) is 30.3. The summed E-state index contributed by atoms with van der Waals surface area (Å²) in [5.74, 6) is -4.00. The molecule has 0 radical (unpaired) electrons. The van der Waals surface area contributed by atoms with Crippen molar-refractivity contribution in [3.8, 4) is 0 Å². The molecule has 1 saturated heterocycles. The monoisotopic (exact) mass is 719 g/mol. The number of hydrogen-bond donors (Lipinski definition) is 4. The fourth-order valence-corrected chi connectivity index (χ4v) is 8.10. The molecule has 3 aliphatic carbocycles. The normalized spacial score (nSPS) is 23.3. The van der Waals surface area contributed by atoms with E-state index in [1.807, 2.05) is 6.92 Å². The van der Waals surface area contributed by atoms with Crippen LogP contribution in [0.15, 0.2) is 30.7 Å². The molecule has 0 bridgehead atoms. The first-order valence-corrected chi connectivity index (χ1v) is 19.1. The van der Waals surface area contributed by atoms with Crippen molar-refractivity contribution >= 4 is 41.1 Å². The number of ketones is 2. The lowest BCUT2D eigenvalue weighted by atomic mass is 9.83. The Morgan fingerprint density at radius 1 is 0.885 bits per heavy atom. The summed E-state index contributed by atoms with van der Waals surface area (Å²) in [4.78, 5) is 104. The number of carbonyl (C=O) groups is 7. The van der Waals surface area contributed by atoms with Gasteiger partial charge in [-0.1, -0.05) is 45.1 Å². The van der Waals surface area contributed by atoms with Gasteiger partial charge in [0.25, 0.3) is 11.8 Å². The smallest absolute Gasteiger partial charge is 0.289 e. The van der Waals surface area contributed by atoms with Crippen LogP contribution in [-0.2, 0) is 28.8 Å². The van der Waals surface area contributed by atoms with Gasteiger partial charge in [-0.3, -0.25) is 38.5 Å². The molecule has 1 aliphatic heterocycles. The molecule has 5 amide bonds. The van der Waals surface area contributed by atoms with Crippen LogP contribution in [0.1, 0.15) is 114 Å². The second kappa shape index (κ2) is 18.3. The van der Waals surface area contributed by atoms with Gasteiger partial charge in [-0.15, -0.1) is 0 Å². The molecular weight excluding hydrogens is 666 g/mol. The topological polar surface area (TPSA) is 197 Å². The molecule has 0 aromatic carbocycles. The first kappa shape index (κ1) is 38.7. The zero-order valence-electron chi connectivity index (χ0n) is 30.3. The van der Waals surface area contributed by atoms with Gasteiger partial charge >= 0.3 is 0 Å². The summed E-state index contributed by atoms with van der Waals surface area (Å²) in [6.45, 7) is 3.87. The Bertz CT molecular complexity index is 1510. The van der Waals surface area contributed by atoms with Gasteiger partial charge in [0.1, 0.15) is 23.8 Å². The lowest BCUT2D eigenvalue weighted by Gasteiger charge is -2.34. The van der Waals surface area contributed by atoms with Gasteiger partial charge in [-0.05, 0) is 82.1 Å². The van der Waals surface area contributed by atoms with Crippen LogP contribution in [0.3, 0.4) is 0 Å². The van der Waals surface area contributed by atoms with E-state index in [4.69, 9.17) is 0 Å². The fourth-order valence-electron chi connectivity index (χ4n) is 8.10. The highest BCUT2D eigenvalue weighted by Gasteiger charge is 2.51. The molecule has 0 spiro atoms. The minimum absolute atomic E-state index is 0.0122. The van der Waals surface area contributed by atoms with E-state index in [2.05, 4.69) is 31.2 Å². The Balaban J connectivity index is 1.37. The first-order chi connectivity index (χ1) is 25.1. The highest BCUT2D eigenvalue weighted by Crippen LogP contribution is 2.42. The minimum Gasteiger partial charge on any atom is -0.347 e. The molecule has 1 unspecified atom stereocenters. The van der Waals surface area contributed by atoms with Crippen LogP contribution in [0.5, 0.6) is 0 Å². The van der Waals surface area contributed by atoms with Crippen molar-refractivity contribution in [1.29, 1.82) is 0 Å². The van der Waals surface area contributed by atoms with E-state index >= 15 is 0 Å². The van der Waals surface area contributed by atoms with Crippen LogP contribution >= 0.6 is 0 Å². The maximum absolute atomic E-state index is 14.6. The minimum atomic E-state index is -1.16. The Morgan fingerprint density at radius 3 is 2.33 bits per heavy atom. The number of amides is 5. The van der Waals surface area contributed by atoms with Gasteiger partial charge in [0.15, 0.2) is 5.78 Å². The molecule has 4 aliphatic rings. The second-order valence-electron chi connectivity index (χ2n) is 14.8. The summed E-state index contributed by atoms with van der Waals surface area (Å²) in [6, 6.07) is -4.07. The van der Waals surface area contributed by atoms with Crippen LogP contribution in [0.2, 0.25) is 0 Å². The average molecular weight is 720 g/mol. The number of allylic oxidation sites excluding steroid dienone is 2. The number of likely N-dealkylation sites (tertiary alicyclic amines) is 1. The largest absolute Gasteiger partial charge is 0.347 e. The molecule has 1 aromatic heterocycles. The predicted octanol–water partition coefficient (Wildman–Crippen LogP) is 2.33. The van der Waals surface area contributed by atoms with E-state index < -0.39 is 59.5 Å². The Hall–Kier alpha value is -4.49. The molecule has 5 rings (SSSR count). The number of aromatic nitrogens is 2. The van der Waals surface area contributed by atoms with E-state index in [1.54, 1.807) is 13.0 Å². The number of carbonyl (C=O) groups excluding carboxylic acids is 7. The van der Waals surface area contributed by atoms with Crippen molar-refractivity contribution in [3.63, 3.8) is 0 Å². The van der Waals surface area contributed by atoms with Crippen LogP contribution in [0.25, 0.3) is 0 Å². The van der Waals surface area contributed by atoms with Crippen molar-refractivity contribution in [2.75, 3.05) is 6.54 Å². The Kier molecular flexibility index (Phi) is 13.6. The van der Waals surface area contributed by atoms with E-state index in [0.717, 1.165) is 51.4 Å². The highest BCUT2D eigenvalue weighted by atomic mass is 16.2. The summed E-state index contributed by atoms with van der Waals surface area (Å²) in [5, 5.41) is 11.3. The molecule has 52 heavy (non-hydrogen) atoms. The van der Waals surface area contributed by atoms with Gasteiger partial charge in [0.05, 0.1) is 12.2 Å². The van der Waals surface area contributed by atoms with E-state index in [1.165, 1.54) is 29.6 Å².